The maximum atomic E-state index is 12.4. The minimum atomic E-state index is -0.448. The zero-order chi connectivity index (χ0) is 25.0. The average molecular weight is 493 g/mol. The normalized spacial score (nSPS) is 10.3. The molecule has 7 nitrogen and oxygen atoms in total. The molecule has 0 heterocycles. The Bertz CT molecular complexity index is 1130. The fourth-order valence-corrected chi connectivity index (χ4v) is 3.84. The first-order valence-corrected chi connectivity index (χ1v) is 12.2. The van der Waals surface area contributed by atoms with E-state index in [2.05, 4.69) is 10.6 Å². The van der Waals surface area contributed by atoms with Crippen molar-refractivity contribution in [1.29, 1.82) is 0 Å². The minimum absolute atomic E-state index is 0.212. The van der Waals surface area contributed by atoms with E-state index in [0.717, 1.165) is 10.6 Å². The number of aryl methyl sites for hydroxylation is 1. The summed E-state index contributed by atoms with van der Waals surface area (Å²) in [6.45, 7) is 4.13. The molecule has 2 N–H and O–H groups in total. The molecule has 2 amide bonds. The predicted molar refractivity (Wildman–Crippen MR) is 138 cm³/mol. The molecule has 0 saturated carbocycles. The molecule has 0 aliphatic rings. The second kappa shape index (κ2) is 13.2. The first-order chi connectivity index (χ1) is 16.9. The van der Waals surface area contributed by atoms with E-state index in [-0.39, 0.29) is 18.9 Å². The quantitative estimate of drug-likeness (QED) is 0.278. The lowest BCUT2D eigenvalue weighted by Crippen LogP contribution is -2.21. The van der Waals surface area contributed by atoms with Crippen molar-refractivity contribution in [1.82, 2.24) is 0 Å². The molecule has 0 spiro atoms. The summed E-state index contributed by atoms with van der Waals surface area (Å²) in [4.78, 5) is 37.5. The van der Waals surface area contributed by atoms with Gasteiger partial charge in [-0.05, 0) is 74.5 Å². The SMILES string of the molecule is CCOc1ccc(NC(=O)c2ccc(NC(=O)COC(=O)CCSc3ccc(C)cc3)cc2)cc1. The number of rotatable bonds is 11. The van der Waals surface area contributed by atoms with Crippen molar-refractivity contribution >= 4 is 40.9 Å². The Hall–Kier alpha value is -3.78. The molecule has 3 aromatic rings. The van der Waals surface area contributed by atoms with Gasteiger partial charge >= 0.3 is 5.97 Å². The van der Waals surface area contributed by atoms with Gasteiger partial charge in [-0.15, -0.1) is 11.8 Å². The Balaban J connectivity index is 1.38. The third kappa shape index (κ3) is 8.83. The Labute approximate surface area is 209 Å². The summed E-state index contributed by atoms with van der Waals surface area (Å²) < 4.78 is 10.4. The van der Waals surface area contributed by atoms with Crippen LogP contribution in [0, 0.1) is 6.92 Å². The van der Waals surface area contributed by atoms with E-state index >= 15 is 0 Å². The van der Waals surface area contributed by atoms with Gasteiger partial charge in [-0.25, -0.2) is 0 Å². The van der Waals surface area contributed by atoms with Crippen molar-refractivity contribution in [3.63, 3.8) is 0 Å². The first-order valence-electron chi connectivity index (χ1n) is 11.2. The van der Waals surface area contributed by atoms with Crippen molar-refractivity contribution in [2.75, 3.05) is 29.6 Å². The lowest BCUT2D eigenvalue weighted by Gasteiger charge is -2.09. The van der Waals surface area contributed by atoms with Crippen molar-refractivity contribution in [3.8, 4) is 5.75 Å². The third-order valence-corrected chi connectivity index (χ3v) is 5.83. The predicted octanol–water partition coefficient (Wildman–Crippen LogP) is 5.31. The van der Waals surface area contributed by atoms with Gasteiger partial charge in [0.05, 0.1) is 13.0 Å². The Morgan fingerprint density at radius 3 is 2.11 bits per heavy atom. The number of hydrogen-bond donors (Lipinski definition) is 2. The number of carbonyl (C=O) groups is 3. The maximum absolute atomic E-state index is 12.4. The monoisotopic (exact) mass is 492 g/mol. The van der Waals surface area contributed by atoms with Crippen LogP contribution in [-0.4, -0.2) is 36.8 Å². The molecule has 0 radical (unpaired) electrons. The Morgan fingerprint density at radius 2 is 1.46 bits per heavy atom. The van der Waals surface area contributed by atoms with Crippen LogP contribution in [0.25, 0.3) is 0 Å². The summed E-state index contributed by atoms with van der Waals surface area (Å²) in [6, 6.07) is 21.6. The fourth-order valence-electron chi connectivity index (χ4n) is 3.01. The van der Waals surface area contributed by atoms with Crippen LogP contribution in [0.1, 0.15) is 29.3 Å². The molecule has 8 heteroatoms. The lowest BCUT2D eigenvalue weighted by molar-refractivity contribution is -0.146. The number of nitrogens with one attached hydrogen (secondary N) is 2. The number of thioether (sulfide) groups is 1. The van der Waals surface area contributed by atoms with E-state index < -0.39 is 11.9 Å². The number of esters is 1. The van der Waals surface area contributed by atoms with Crippen molar-refractivity contribution in [2.45, 2.75) is 25.2 Å². The highest BCUT2D eigenvalue weighted by Gasteiger charge is 2.10. The van der Waals surface area contributed by atoms with E-state index in [9.17, 15) is 14.4 Å². The number of carbonyl (C=O) groups excluding carboxylic acids is 3. The first kappa shape index (κ1) is 25.8. The summed E-state index contributed by atoms with van der Waals surface area (Å²) in [5.41, 5.74) is 2.77. The summed E-state index contributed by atoms with van der Waals surface area (Å²) >= 11 is 1.56. The van der Waals surface area contributed by atoms with Gasteiger partial charge in [0, 0.05) is 27.6 Å². The number of benzene rings is 3. The number of hydrogen-bond acceptors (Lipinski definition) is 6. The van der Waals surface area contributed by atoms with Crippen molar-refractivity contribution in [2.24, 2.45) is 0 Å². The standard InChI is InChI=1S/C27H28N2O5S/c1-3-33-23-12-10-22(11-13-23)29-27(32)20-6-8-21(9-7-20)28-25(30)18-34-26(31)16-17-35-24-14-4-19(2)5-15-24/h4-15H,3,16-18H2,1-2H3,(H,28,30)(H,29,32). The number of anilines is 2. The number of ether oxygens (including phenoxy) is 2. The lowest BCUT2D eigenvalue weighted by atomic mass is 10.2. The summed E-state index contributed by atoms with van der Waals surface area (Å²) in [7, 11) is 0. The zero-order valence-corrected chi connectivity index (χ0v) is 20.5. The van der Waals surface area contributed by atoms with Gasteiger partial charge in [0.2, 0.25) is 0 Å². The van der Waals surface area contributed by atoms with E-state index in [0.29, 0.717) is 29.3 Å². The Morgan fingerprint density at radius 1 is 0.829 bits per heavy atom. The van der Waals surface area contributed by atoms with Gasteiger partial charge in [0.15, 0.2) is 6.61 Å². The van der Waals surface area contributed by atoms with Gasteiger partial charge in [0.25, 0.3) is 11.8 Å². The molecule has 0 unspecified atom stereocenters. The van der Waals surface area contributed by atoms with Crippen LogP contribution in [0.15, 0.2) is 77.7 Å². The molecule has 0 aliphatic heterocycles. The molecule has 0 bridgehead atoms. The molecule has 182 valence electrons. The van der Waals surface area contributed by atoms with Crippen LogP contribution in [0.4, 0.5) is 11.4 Å². The summed E-state index contributed by atoms with van der Waals surface area (Å²) in [5, 5.41) is 5.46. The zero-order valence-electron chi connectivity index (χ0n) is 19.7. The summed E-state index contributed by atoms with van der Waals surface area (Å²) in [6.07, 6.45) is 0.212. The molecular formula is C27H28N2O5S. The fraction of sp³-hybridized carbons (Fsp3) is 0.222. The van der Waals surface area contributed by atoms with Gasteiger partial charge < -0.3 is 20.1 Å². The summed E-state index contributed by atoms with van der Waals surface area (Å²) in [5.74, 6) is 0.156. The second-order valence-corrected chi connectivity index (χ2v) is 8.78. The van der Waals surface area contributed by atoms with Crippen LogP contribution in [0.2, 0.25) is 0 Å². The van der Waals surface area contributed by atoms with Crippen LogP contribution in [0.5, 0.6) is 5.75 Å². The highest BCUT2D eigenvalue weighted by Crippen LogP contribution is 2.19. The smallest absolute Gasteiger partial charge is 0.307 e. The molecule has 0 saturated heterocycles. The van der Waals surface area contributed by atoms with Crippen molar-refractivity contribution in [3.05, 3.63) is 83.9 Å². The molecule has 0 fully saturated rings. The molecule has 35 heavy (non-hydrogen) atoms. The van der Waals surface area contributed by atoms with Gasteiger partial charge in [0.1, 0.15) is 5.75 Å². The van der Waals surface area contributed by atoms with E-state index in [1.54, 1.807) is 60.3 Å². The molecule has 3 rings (SSSR count). The van der Waals surface area contributed by atoms with Crippen LogP contribution in [-0.2, 0) is 14.3 Å². The van der Waals surface area contributed by atoms with Gasteiger partial charge in [-0.3, -0.25) is 14.4 Å². The van der Waals surface area contributed by atoms with E-state index in [1.165, 1.54) is 5.56 Å². The maximum Gasteiger partial charge on any atom is 0.307 e. The van der Waals surface area contributed by atoms with Gasteiger partial charge in [-0.2, -0.15) is 0 Å². The van der Waals surface area contributed by atoms with Gasteiger partial charge in [-0.1, -0.05) is 17.7 Å². The largest absolute Gasteiger partial charge is 0.494 e. The molecular weight excluding hydrogens is 464 g/mol. The second-order valence-electron chi connectivity index (χ2n) is 7.61. The molecule has 3 aromatic carbocycles. The van der Waals surface area contributed by atoms with Crippen molar-refractivity contribution < 1.29 is 23.9 Å². The van der Waals surface area contributed by atoms with Crippen LogP contribution in [0.3, 0.4) is 0 Å². The topological polar surface area (TPSA) is 93.7 Å². The van der Waals surface area contributed by atoms with E-state index in [1.807, 2.05) is 38.1 Å². The minimum Gasteiger partial charge on any atom is -0.494 e. The molecule has 0 aromatic heterocycles. The van der Waals surface area contributed by atoms with E-state index in [4.69, 9.17) is 9.47 Å². The Kier molecular flexibility index (Phi) is 9.74. The molecule has 0 aliphatic carbocycles. The highest BCUT2D eigenvalue weighted by atomic mass is 32.2. The average Bonchev–Trinajstić information content (AvgIpc) is 2.86. The third-order valence-electron chi connectivity index (χ3n) is 4.81. The number of amides is 2. The van der Waals surface area contributed by atoms with Crippen LogP contribution >= 0.6 is 11.8 Å². The highest BCUT2D eigenvalue weighted by molar-refractivity contribution is 7.99. The molecule has 0 atom stereocenters. The van der Waals surface area contributed by atoms with Crippen LogP contribution < -0.4 is 15.4 Å².